The lowest BCUT2D eigenvalue weighted by Gasteiger charge is -2.09. The zero-order valence-electron chi connectivity index (χ0n) is 8.42. The summed E-state index contributed by atoms with van der Waals surface area (Å²) in [5.41, 5.74) is 5.15. The summed E-state index contributed by atoms with van der Waals surface area (Å²) < 4.78 is 4.91. The summed E-state index contributed by atoms with van der Waals surface area (Å²) in [7, 11) is 0. The van der Waals surface area contributed by atoms with Gasteiger partial charge in [0.1, 0.15) is 0 Å². The van der Waals surface area contributed by atoms with E-state index in [4.69, 9.17) is 33.7 Å². The van der Waals surface area contributed by atoms with E-state index in [-0.39, 0.29) is 27.8 Å². The third-order valence-electron chi connectivity index (χ3n) is 1.82. The first-order valence-electron chi connectivity index (χ1n) is 4.45. The highest BCUT2D eigenvalue weighted by molar-refractivity contribution is 6.39. The molecule has 0 aliphatic carbocycles. The van der Waals surface area contributed by atoms with Crippen molar-refractivity contribution in [2.75, 3.05) is 0 Å². The van der Waals surface area contributed by atoms with Gasteiger partial charge in [-0.2, -0.15) is 0 Å². The van der Waals surface area contributed by atoms with Gasteiger partial charge >= 0.3 is 5.97 Å². The normalized spacial score (nSPS) is 9.94. The number of amides is 1. The maximum atomic E-state index is 11.1. The number of carbonyl (C=O) groups is 2. The van der Waals surface area contributed by atoms with Crippen LogP contribution >= 0.6 is 23.2 Å². The third-order valence-corrected chi connectivity index (χ3v) is 2.49. The molecule has 0 fully saturated rings. The Morgan fingerprint density at radius 3 is 2.50 bits per heavy atom. The number of carbonyl (C=O) groups excluding carboxylic acids is 2. The second-order valence-electron chi connectivity index (χ2n) is 2.93. The van der Waals surface area contributed by atoms with Crippen LogP contribution in [0.25, 0.3) is 0 Å². The van der Waals surface area contributed by atoms with E-state index in [2.05, 4.69) is 0 Å². The van der Waals surface area contributed by atoms with Gasteiger partial charge in [0.05, 0.1) is 15.6 Å². The number of ether oxygens (including phenoxy) is 1. The van der Waals surface area contributed by atoms with Crippen LogP contribution in [0.3, 0.4) is 0 Å². The van der Waals surface area contributed by atoms with Crippen molar-refractivity contribution in [2.24, 2.45) is 5.73 Å². The van der Waals surface area contributed by atoms with Crippen molar-refractivity contribution in [2.45, 2.75) is 13.3 Å². The quantitative estimate of drug-likeness (QED) is 0.671. The highest BCUT2D eigenvalue weighted by atomic mass is 35.5. The Balaban J connectivity index is 3.21. The molecule has 6 heteroatoms. The monoisotopic (exact) mass is 261 g/mol. The van der Waals surface area contributed by atoms with Crippen molar-refractivity contribution in [3.63, 3.8) is 0 Å². The molecule has 4 nitrogen and oxygen atoms in total. The van der Waals surface area contributed by atoms with Crippen LogP contribution in [0.2, 0.25) is 10.0 Å². The summed E-state index contributed by atoms with van der Waals surface area (Å²) in [6.45, 7) is 1.63. The Kier molecular flexibility index (Phi) is 4.15. The topological polar surface area (TPSA) is 69.4 Å². The number of halogens is 2. The lowest BCUT2D eigenvalue weighted by atomic mass is 10.2. The fourth-order valence-corrected chi connectivity index (χ4v) is 1.54. The molecule has 0 atom stereocenters. The van der Waals surface area contributed by atoms with Crippen LogP contribution < -0.4 is 10.5 Å². The Morgan fingerprint density at radius 2 is 2.00 bits per heavy atom. The Bertz CT molecular complexity index is 446. The van der Waals surface area contributed by atoms with Crippen molar-refractivity contribution in [1.29, 1.82) is 0 Å². The molecule has 1 amide bonds. The molecule has 2 N–H and O–H groups in total. The van der Waals surface area contributed by atoms with Crippen molar-refractivity contribution in [3.05, 3.63) is 27.7 Å². The Morgan fingerprint density at radius 1 is 1.38 bits per heavy atom. The molecule has 0 bridgehead atoms. The van der Waals surface area contributed by atoms with Gasteiger partial charge in [-0.25, -0.2) is 0 Å². The van der Waals surface area contributed by atoms with E-state index >= 15 is 0 Å². The van der Waals surface area contributed by atoms with Gasteiger partial charge in [0, 0.05) is 6.42 Å². The highest BCUT2D eigenvalue weighted by Crippen LogP contribution is 2.35. The Hall–Kier alpha value is -1.26. The first-order valence-corrected chi connectivity index (χ1v) is 5.21. The zero-order chi connectivity index (χ0) is 12.3. The minimum Gasteiger partial charge on any atom is -0.423 e. The minimum absolute atomic E-state index is 0.0357. The molecule has 0 aromatic heterocycles. The number of rotatable bonds is 3. The molecule has 0 aliphatic rings. The number of esters is 1. The molecular formula is C10H9Cl2NO3. The fraction of sp³-hybridized carbons (Fsp3) is 0.200. The summed E-state index contributed by atoms with van der Waals surface area (Å²) in [4.78, 5) is 22.1. The van der Waals surface area contributed by atoms with Gasteiger partial charge in [-0.05, 0) is 12.1 Å². The van der Waals surface area contributed by atoms with E-state index < -0.39 is 11.9 Å². The average Bonchev–Trinajstić information content (AvgIpc) is 2.23. The Labute approximate surface area is 102 Å². The van der Waals surface area contributed by atoms with Crippen LogP contribution in [-0.4, -0.2) is 11.9 Å². The average molecular weight is 262 g/mol. The predicted octanol–water partition coefficient (Wildman–Crippen LogP) is 2.41. The van der Waals surface area contributed by atoms with Gasteiger partial charge in [0.25, 0.3) is 0 Å². The van der Waals surface area contributed by atoms with E-state index in [1.54, 1.807) is 6.92 Å². The van der Waals surface area contributed by atoms with E-state index in [9.17, 15) is 9.59 Å². The standard InChI is InChI=1S/C10H9Cl2NO3/c1-2-7(14)16-9-6(11)4-3-5(8(9)12)10(13)15/h3-4H,2H2,1H3,(H2,13,15). The van der Waals surface area contributed by atoms with E-state index in [0.29, 0.717) is 0 Å². The SMILES string of the molecule is CCC(=O)Oc1c(Cl)ccc(C(N)=O)c1Cl. The maximum absolute atomic E-state index is 11.1. The molecule has 0 saturated heterocycles. The second-order valence-corrected chi connectivity index (χ2v) is 3.72. The van der Waals surface area contributed by atoms with Gasteiger partial charge in [0.2, 0.25) is 5.91 Å². The number of hydrogen-bond donors (Lipinski definition) is 1. The smallest absolute Gasteiger partial charge is 0.310 e. The molecule has 0 saturated carbocycles. The van der Waals surface area contributed by atoms with E-state index in [1.165, 1.54) is 12.1 Å². The number of hydrogen-bond acceptors (Lipinski definition) is 3. The van der Waals surface area contributed by atoms with E-state index in [0.717, 1.165) is 0 Å². The molecule has 16 heavy (non-hydrogen) atoms. The van der Waals surface area contributed by atoms with E-state index in [1.807, 2.05) is 0 Å². The maximum Gasteiger partial charge on any atom is 0.310 e. The third kappa shape index (κ3) is 2.65. The first kappa shape index (κ1) is 12.8. The summed E-state index contributed by atoms with van der Waals surface area (Å²) in [5.74, 6) is -1.24. The first-order chi connectivity index (χ1) is 7.47. The number of benzene rings is 1. The molecule has 0 aliphatic heterocycles. The molecular weight excluding hydrogens is 253 g/mol. The molecule has 0 spiro atoms. The largest absolute Gasteiger partial charge is 0.423 e. The van der Waals surface area contributed by atoms with Gasteiger partial charge in [-0.3, -0.25) is 9.59 Å². The van der Waals surface area contributed by atoms with Crippen molar-refractivity contribution in [3.8, 4) is 5.75 Å². The predicted molar refractivity (Wildman–Crippen MR) is 60.9 cm³/mol. The van der Waals surface area contributed by atoms with Crippen LogP contribution in [0.4, 0.5) is 0 Å². The molecule has 0 radical (unpaired) electrons. The lowest BCUT2D eigenvalue weighted by molar-refractivity contribution is -0.134. The van der Waals surface area contributed by atoms with Crippen molar-refractivity contribution in [1.82, 2.24) is 0 Å². The minimum atomic E-state index is -0.713. The molecule has 86 valence electrons. The zero-order valence-corrected chi connectivity index (χ0v) is 9.93. The van der Waals surface area contributed by atoms with Gasteiger partial charge in [0.15, 0.2) is 5.75 Å². The molecule has 0 heterocycles. The molecule has 0 unspecified atom stereocenters. The molecule has 1 rings (SSSR count). The lowest BCUT2D eigenvalue weighted by Crippen LogP contribution is -2.13. The second kappa shape index (κ2) is 5.18. The van der Waals surface area contributed by atoms with Crippen molar-refractivity contribution < 1.29 is 14.3 Å². The highest BCUT2D eigenvalue weighted by Gasteiger charge is 2.17. The van der Waals surface area contributed by atoms with Crippen molar-refractivity contribution >= 4 is 35.1 Å². The van der Waals surface area contributed by atoms with Crippen LogP contribution in [0.15, 0.2) is 12.1 Å². The van der Waals surface area contributed by atoms with Gasteiger partial charge in [-0.15, -0.1) is 0 Å². The summed E-state index contributed by atoms with van der Waals surface area (Å²) in [6.07, 6.45) is 0.174. The molecule has 1 aromatic rings. The number of primary amides is 1. The molecule has 1 aromatic carbocycles. The summed E-state index contributed by atoms with van der Waals surface area (Å²) in [5, 5.41) is 0.0959. The van der Waals surface area contributed by atoms with Crippen LogP contribution in [0.5, 0.6) is 5.75 Å². The van der Waals surface area contributed by atoms with Crippen LogP contribution in [-0.2, 0) is 4.79 Å². The number of nitrogens with two attached hydrogens (primary N) is 1. The summed E-state index contributed by atoms with van der Waals surface area (Å²) >= 11 is 11.6. The van der Waals surface area contributed by atoms with Gasteiger partial charge in [-0.1, -0.05) is 30.1 Å². The summed E-state index contributed by atoms with van der Waals surface area (Å²) in [6, 6.07) is 2.77. The van der Waals surface area contributed by atoms with Gasteiger partial charge < -0.3 is 10.5 Å². The van der Waals surface area contributed by atoms with Crippen LogP contribution in [0, 0.1) is 0 Å². The fourth-order valence-electron chi connectivity index (χ4n) is 1.00. The van der Waals surface area contributed by atoms with Crippen LogP contribution in [0.1, 0.15) is 23.7 Å².